The summed E-state index contributed by atoms with van der Waals surface area (Å²) in [6.07, 6.45) is 2.77. The van der Waals surface area contributed by atoms with Crippen LogP contribution in [0.25, 0.3) is 0 Å². The normalized spacial score (nSPS) is 20.2. The van der Waals surface area contributed by atoms with E-state index in [4.69, 9.17) is 5.11 Å². The molecule has 0 aromatic carbocycles. The van der Waals surface area contributed by atoms with Crippen LogP contribution in [0.2, 0.25) is 0 Å². The number of carboxylic acid groups (broad SMARTS) is 1. The topological polar surface area (TPSA) is 86.7 Å². The van der Waals surface area contributed by atoms with Crippen LogP contribution in [0, 0.1) is 5.41 Å². The quantitative estimate of drug-likeness (QED) is 0.720. The summed E-state index contributed by atoms with van der Waals surface area (Å²) in [6, 6.07) is 0. The Hall–Kier alpha value is -0.660. The summed E-state index contributed by atoms with van der Waals surface area (Å²) in [5.74, 6) is -0.911. The van der Waals surface area contributed by atoms with Crippen LogP contribution < -0.4 is 4.72 Å². The summed E-state index contributed by atoms with van der Waals surface area (Å²) in [4.78, 5) is 11.2. The minimum Gasteiger partial charge on any atom is -0.481 e. The van der Waals surface area contributed by atoms with Crippen molar-refractivity contribution in [2.75, 3.05) is 20.6 Å². The molecule has 0 aromatic heterocycles. The SMILES string of the molecule is CN(C)S(=O)(=O)NCC1(C(=O)O)CCCC1. The van der Waals surface area contributed by atoms with Crippen LogP contribution >= 0.6 is 0 Å². The summed E-state index contributed by atoms with van der Waals surface area (Å²) in [6.45, 7) is -0.0250. The van der Waals surface area contributed by atoms with Crippen molar-refractivity contribution in [3.05, 3.63) is 0 Å². The van der Waals surface area contributed by atoms with Gasteiger partial charge in [0, 0.05) is 20.6 Å². The van der Waals surface area contributed by atoms with Crippen molar-refractivity contribution in [2.45, 2.75) is 25.7 Å². The molecule has 0 heterocycles. The molecule has 94 valence electrons. The van der Waals surface area contributed by atoms with E-state index in [-0.39, 0.29) is 6.54 Å². The Balaban J connectivity index is 2.69. The summed E-state index contributed by atoms with van der Waals surface area (Å²) < 4.78 is 26.3. The van der Waals surface area contributed by atoms with Crippen molar-refractivity contribution in [1.29, 1.82) is 0 Å². The van der Waals surface area contributed by atoms with Crippen LogP contribution in [0.15, 0.2) is 0 Å². The number of carbonyl (C=O) groups is 1. The standard InChI is InChI=1S/C9H18N2O4S/c1-11(2)16(14,15)10-7-9(8(12)13)5-3-4-6-9/h10H,3-7H2,1-2H3,(H,12,13). The van der Waals surface area contributed by atoms with E-state index >= 15 is 0 Å². The Morgan fingerprint density at radius 2 is 1.88 bits per heavy atom. The molecule has 0 unspecified atom stereocenters. The Bertz CT molecular complexity index is 358. The minimum absolute atomic E-state index is 0.0250. The first-order valence-electron chi connectivity index (χ1n) is 5.21. The fraction of sp³-hybridized carbons (Fsp3) is 0.889. The van der Waals surface area contributed by atoms with Crippen LogP contribution in [0.5, 0.6) is 0 Å². The van der Waals surface area contributed by atoms with Gasteiger partial charge in [0.1, 0.15) is 0 Å². The van der Waals surface area contributed by atoms with Crippen LogP contribution in [-0.4, -0.2) is 44.4 Å². The number of hydrogen-bond donors (Lipinski definition) is 2. The maximum Gasteiger partial charge on any atom is 0.310 e. The molecule has 1 aliphatic rings. The second kappa shape index (κ2) is 4.68. The Morgan fingerprint density at radius 1 is 1.38 bits per heavy atom. The monoisotopic (exact) mass is 250 g/mol. The molecule has 0 atom stereocenters. The smallest absolute Gasteiger partial charge is 0.310 e. The molecule has 0 spiro atoms. The molecule has 1 saturated carbocycles. The average molecular weight is 250 g/mol. The molecule has 2 N–H and O–H groups in total. The second-order valence-corrected chi connectivity index (χ2v) is 6.37. The highest BCUT2D eigenvalue weighted by Crippen LogP contribution is 2.37. The van der Waals surface area contributed by atoms with E-state index in [2.05, 4.69) is 4.72 Å². The number of nitrogens with one attached hydrogen (secondary N) is 1. The van der Waals surface area contributed by atoms with Crippen molar-refractivity contribution in [1.82, 2.24) is 9.03 Å². The molecular formula is C9H18N2O4S. The predicted molar refractivity (Wildman–Crippen MR) is 59.1 cm³/mol. The summed E-state index contributed by atoms with van der Waals surface area (Å²) in [5.41, 5.74) is -0.914. The molecule has 0 bridgehead atoms. The molecule has 0 saturated heterocycles. The summed E-state index contributed by atoms with van der Waals surface area (Å²) in [5, 5.41) is 9.15. The minimum atomic E-state index is -3.54. The maximum atomic E-state index is 11.5. The van der Waals surface area contributed by atoms with Gasteiger partial charge in [0.05, 0.1) is 5.41 Å². The molecule has 16 heavy (non-hydrogen) atoms. The Morgan fingerprint density at radius 3 is 2.25 bits per heavy atom. The zero-order valence-electron chi connectivity index (χ0n) is 9.56. The molecule has 1 fully saturated rings. The van der Waals surface area contributed by atoms with E-state index in [9.17, 15) is 13.2 Å². The van der Waals surface area contributed by atoms with Gasteiger partial charge in [0.25, 0.3) is 10.2 Å². The van der Waals surface area contributed by atoms with E-state index in [0.717, 1.165) is 17.1 Å². The van der Waals surface area contributed by atoms with Crippen LogP contribution in [0.4, 0.5) is 0 Å². The molecule has 1 aliphatic carbocycles. The predicted octanol–water partition coefficient (Wildman–Crippen LogP) is 0.0274. The van der Waals surface area contributed by atoms with Gasteiger partial charge in [-0.25, -0.2) is 4.72 Å². The lowest BCUT2D eigenvalue weighted by Gasteiger charge is -2.24. The maximum absolute atomic E-state index is 11.5. The van der Waals surface area contributed by atoms with Crippen molar-refractivity contribution < 1.29 is 18.3 Å². The van der Waals surface area contributed by atoms with E-state index in [1.165, 1.54) is 14.1 Å². The first-order chi connectivity index (χ1) is 7.30. The van der Waals surface area contributed by atoms with Crippen molar-refractivity contribution >= 4 is 16.2 Å². The number of carboxylic acids is 1. The highest BCUT2D eigenvalue weighted by Gasteiger charge is 2.42. The highest BCUT2D eigenvalue weighted by atomic mass is 32.2. The van der Waals surface area contributed by atoms with Gasteiger partial charge in [0.2, 0.25) is 0 Å². The van der Waals surface area contributed by atoms with Crippen molar-refractivity contribution in [3.8, 4) is 0 Å². The summed E-state index contributed by atoms with van der Waals surface area (Å²) in [7, 11) is -0.723. The first-order valence-corrected chi connectivity index (χ1v) is 6.65. The molecule has 6 nitrogen and oxygen atoms in total. The zero-order valence-corrected chi connectivity index (χ0v) is 10.4. The molecular weight excluding hydrogens is 232 g/mol. The third-order valence-corrected chi connectivity index (χ3v) is 4.56. The number of aliphatic carboxylic acids is 1. The molecule has 0 aliphatic heterocycles. The number of nitrogens with zero attached hydrogens (tertiary/aromatic N) is 1. The third-order valence-electron chi connectivity index (χ3n) is 3.09. The average Bonchev–Trinajstić information content (AvgIpc) is 2.64. The van der Waals surface area contributed by atoms with E-state index < -0.39 is 21.6 Å². The highest BCUT2D eigenvalue weighted by molar-refractivity contribution is 7.87. The molecule has 7 heteroatoms. The van der Waals surface area contributed by atoms with E-state index in [1.807, 2.05) is 0 Å². The van der Waals surface area contributed by atoms with Crippen molar-refractivity contribution in [2.24, 2.45) is 5.41 Å². The van der Waals surface area contributed by atoms with Gasteiger partial charge in [-0.3, -0.25) is 4.79 Å². The fourth-order valence-corrected chi connectivity index (χ4v) is 2.59. The van der Waals surface area contributed by atoms with Gasteiger partial charge in [-0.15, -0.1) is 0 Å². The van der Waals surface area contributed by atoms with Crippen LogP contribution in [0.3, 0.4) is 0 Å². The number of rotatable bonds is 5. The molecule has 1 rings (SSSR count). The van der Waals surface area contributed by atoms with Gasteiger partial charge < -0.3 is 5.11 Å². The second-order valence-electron chi connectivity index (χ2n) is 4.40. The van der Waals surface area contributed by atoms with E-state index in [1.54, 1.807) is 0 Å². The Kier molecular flexibility index (Phi) is 3.92. The zero-order chi connectivity index (χ0) is 12.4. The first kappa shape index (κ1) is 13.4. The van der Waals surface area contributed by atoms with Gasteiger partial charge >= 0.3 is 5.97 Å². The lowest BCUT2D eigenvalue weighted by Crippen LogP contribution is -2.45. The van der Waals surface area contributed by atoms with Crippen LogP contribution in [0.1, 0.15) is 25.7 Å². The lowest BCUT2D eigenvalue weighted by molar-refractivity contribution is -0.148. The number of hydrogen-bond acceptors (Lipinski definition) is 3. The third kappa shape index (κ3) is 2.72. The van der Waals surface area contributed by atoms with Gasteiger partial charge in [-0.1, -0.05) is 12.8 Å². The summed E-state index contributed by atoms with van der Waals surface area (Å²) >= 11 is 0. The van der Waals surface area contributed by atoms with Gasteiger partial charge in [-0.2, -0.15) is 12.7 Å². The largest absolute Gasteiger partial charge is 0.481 e. The van der Waals surface area contributed by atoms with Gasteiger partial charge in [-0.05, 0) is 12.8 Å². The molecule has 0 aromatic rings. The molecule has 0 amide bonds. The van der Waals surface area contributed by atoms with E-state index in [0.29, 0.717) is 12.8 Å². The fourth-order valence-electron chi connectivity index (χ4n) is 1.88. The molecule has 0 radical (unpaired) electrons. The van der Waals surface area contributed by atoms with Crippen molar-refractivity contribution in [3.63, 3.8) is 0 Å². The van der Waals surface area contributed by atoms with Crippen LogP contribution in [-0.2, 0) is 15.0 Å². The van der Waals surface area contributed by atoms with Gasteiger partial charge in [0.15, 0.2) is 0 Å². The lowest BCUT2D eigenvalue weighted by atomic mass is 9.87. The Labute approximate surface area is 95.8 Å².